The zero-order valence-electron chi connectivity index (χ0n) is 51.6. The molecule has 0 atom stereocenters. The quantitative estimate of drug-likeness (QED) is 0.0851. The molecular weight excluding hydrogens is 1590 g/mol. The molecule has 0 saturated carbocycles. The minimum absolute atomic E-state index is 0. The molecule has 0 aromatic carbocycles. The Morgan fingerprint density at radius 1 is 0.313 bits per heavy atom. The van der Waals surface area contributed by atoms with Crippen molar-refractivity contribution in [1.82, 2.24) is 49.8 Å². The summed E-state index contributed by atoms with van der Waals surface area (Å²) in [6.07, 6.45) is 17.7. The molecule has 10 rings (SSSR count). The molecule has 0 aliphatic rings. The smallest absolute Gasteiger partial charge is 0.543 e. The molecule has 0 N–H and O–H groups in total. The van der Waals surface area contributed by atoms with E-state index in [9.17, 15) is 95.3 Å². The van der Waals surface area contributed by atoms with E-state index in [1.165, 1.54) is 48.2 Å². The van der Waals surface area contributed by atoms with Crippen molar-refractivity contribution in [3.05, 3.63) is 253 Å². The number of carbonyl (C=O) groups is 2. The fraction of sp³-hybridized carbons (Fsp3) is 0.100. The number of nitriles is 2. The molecule has 0 fully saturated rings. The van der Waals surface area contributed by atoms with Crippen LogP contribution in [0.25, 0.3) is 45.6 Å². The van der Waals surface area contributed by atoms with E-state index in [2.05, 4.69) is 49.8 Å². The van der Waals surface area contributed by atoms with E-state index < -0.39 is 35.4 Å². The molecule has 1 radical (unpaired) electrons. The van der Waals surface area contributed by atoms with Crippen LogP contribution < -0.4 is 10.2 Å². The van der Waals surface area contributed by atoms with E-state index in [-0.39, 0.29) is 50.3 Å². The zero-order chi connectivity index (χ0) is 74.4. The van der Waals surface area contributed by atoms with Crippen LogP contribution in [0.1, 0.15) is 57.1 Å². The van der Waals surface area contributed by atoms with Gasteiger partial charge in [-0.05, 0) is 171 Å². The Morgan fingerprint density at radius 2 is 0.485 bits per heavy atom. The largest absolute Gasteiger partial charge is 3.00 e. The van der Waals surface area contributed by atoms with Gasteiger partial charge in [-0.15, -0.1) is 0 Å². The van der Waals surface area contributed by atoms with Crippen LogP contribution in [0.4, 0.5) is 75.5 Å². The maximum Gasteiger partial charge on any atom is 3.00 e. The van der Waals surface area contributed by atoms with E-state index in [4.69, 9.17) is 10.5 Å². The molecular formula is C60H54F18N12O4P3Ru2. The van der Waals surface area contributed by atoms with Crippen LogP contribution in [0, 0.1) is 50.4 Å². The van der Waals surface area contributed by atoms with E-state index >= 15 is 0 Å². The summed E-state index contributed by atoms with van der Waals surface area (Å²) in [4.78, 5) is 62.6. The molecule has 10 heterocycles. The van der Waals surface area contributed by atoms with Crippen molar-refractivity contribution < 1.29 is 134 Å². The number of aromatic nitrogens is 10. The van der Waals surface area contributed by atoms with Gasteiger partial charge < -0.3 is 19.8 Å². The molecule has 0 aliphatic heterocycles. The molecule has 99 heavy (non-hydrogen) atoms. The molecule has 535 valence electrons. The fourth-order valence-corrected chi connectivity index (χ4v) is 5.56. The summed E-state index contributed by atoms with van der Waals surface area (Å²) in [6.45, 7) is 11.0. The zero-order valence-corrected chi connectivity index (χ0v) is 57.8. The number of hydrogen-bond acceptors (Lipinski definition) is 16. The third kappa shape index (κ3) is 63.2. The van der Waals surface area contributed by atoms with Crippen molar-refractivity contribution in [2.45, 2.75) is 41.5 Å². The number of pyridine rings is 10. The van der Waals surface area contributed by atoms with Crippen molar-refractivity contribution >= 4 is 35.4 Å². The van der Waals surface area contributed by atoms with Crippen molar-refractivity contribution in [1.29, 1.82) is 10.5 Å². The predicted octanol–water partition coefficient (Wildman–Crippen LogP) is 19.9. The Balaban J connectivity index is -0.00000109. The maximum absolute atomic E-state index is 10.9. The number of carboxylic acids is 2. The summed E-state index contributed by atoms with van der Waals surface area (Å²) >= 11 is 0. The van der Waals surface area contributed by atoms with Gasteiger partial charge >= 0.3 is 138 Å². The van der Waals surface area contributed by atoms with Crippen LogP contribution >= 0.6 is 23.4 Å². The third-order valence-electron chi connectivity index (χ3n) is 9.18. The second kappa shape index (κ2) is 39.3. The fourth-order valence-electron chi connectivity index (χ4n) is 5.56. The van der Waals surface area contributed by atoms with Gasteiger partial charge in [-0.25, -0.2) is 19.9 Å². The topological polar surface area (TPSA) is 257 Å². The summed E-state index contributed by atoms with van der Waals surface area (Å²) < 4.78 is 178. The Morgan fingerprint density at radius 3 is 0.646 bits per heavy atom. The molecule has 0 saturated heterocycles. The first-order valence-electron chi connectivity index (χ1n) is 26.2. The molecule has 10 aromatic heterocycles. The predicted molar refractivity (Wildman–Crippen MR) is 329 cm³/mol. The second-order valence-electron chi connectivity index (χ2n) is 18.1. The number of carboxylic acid groups (broad SMARTS) is 2. The van der Waals surface area contributed by atoms with Crippen LogP contribution in [-0.2, 0) is 39.0 Å². The van der Waals surface area contributed by atoms with Gasteiger partial charge in [0, 0.05) is 75.8 Å². The van der Waals surface area contributed by atoms with Gasteiger partial charge in [0.2, 0.25) is 0 Å². The van der Waals surface area contributed by atoms with Crippen molar-refractivity contribution in [2.24, 2.45) is 0 Å². The summed E-state index contributed by atoms with van der Waals surface area (Å²) in [5.41, 5.74) is 9.84. The van der Waals surface area contributed by atoms with Crippen LogP contribution in [-0.4, -0.2) is 61.8 Å². The van der Waals surface area contributed by atoms with Gasteiger partial charge in [-0.3, -0.25) is 29.9 Å². The number of halogens is 18. The first-order chi connectivity index (χ1) is 44.2. The minimum Gasteiger partial charge on any atom is -0.543 e. The average molecular weight is 1640 g/mol. The Kier molecular flexibility index (Phi) is 37.3. The maximum atomic E-state index is 10.9. The van der Waals surface area contributed by atoms with Crippen molar-refractivity contribution in [3.8, 4) is 57.7 Å². The number of carbonyl (C=O) groups excluding carboxylic acids is 2. The number of aromatic carboxylic acids is 2. The summed E-state index contributed by atoms with van der Waals surface area (Å²) in [5.74, 6) is -2.62. The van der Waals surface area contributed by atoms with Crippen LogP contribution in [0.15, 0.2) is 220 Å². The number of hydrogen-bond donors (Lipinski definition) is 0. The van der Waals surface area contributed by atoms with Crippen LogP contribution in [0.2, 0.25) is 0 Å². The van der Waals surface area contributed by atoms with Crippen molar-refractivity contribution in [2.75, 3.05) is 0 Å². The number of rotatable bonds is 6. The van der Waals surface area contributed by atoms with Crippen LogP contribution in [0.3, 0.4) is 0 Å². The molecule has 16 nitrogen and oxygen atoms in total. The molecule has 39 heteroatoms. The molecule has 0 bridgehead atoms. The molecule has 0 unspecified atom stereocenters. The van der Waals surface area contributed by atoms with Gasteiger partial charge in [-0.1, -0.05) is 36.4 Å². The van der Waals surface area contributed by atoms with Gasteiger partial charge in [0.25, 0.3) is 0 Å². The Bertz CT molecular complexity index is 3690. The molecule has 0 aliphatic carbocycles. The molecule has 0 spiro atoms. The number of nitrogens with zero attached hydrogens (tertiary/aromatic N) is 12. The summed E-state index contributed by atoms with van der Waals surface area (Å²) in [7, 11) is -32.0. The monoisotopic (exact) mass is 1650 g/mol. The normalized spacial score (nSPS) is 11.9. The first kappa shape index (κ1) is 93.9. The molecule has 10 aromatic rings. The van der Waals surface area contributed by atoms with E-state index in [1.807, 2.05) is 137 Å². The van der Waals surface area contributed by atoms with Gasteiger partial charge in [-0.2, -0.15) is 10.5 Å². The van der Waals surface area contributed by atoms with Crippen LogP contribution in [0.5, 0.6) is 0 Å². The average Bonchev–Trinajstić information content (AvgIpc) is 0.802. The van der Waals surface area contributed by atoms with E-state index in [0.29, 0.717) is 34.2 Å². The molecule has 0 amide bonds. The SMILES string of the molecule is CC#N.CC#N.Cc1ccncc1.Cc1ccncc1.Cc1ccncc1.Cc1ccncc1.F[P-](F)(F)(F)(F)F.F[P-](F)(F)(F)(F)F.F[P-](F)(F)(F)(F)F.O=C([O-])c1cccc(-c2cccc(-c3ccccn3)n2)n1.O=C([O-])c1cccc(-c2cccc(-c3ccccn3)n2)n1.[Ru+2].[Ru+3]. The Hall–Kier alpha value is -9.30. The first-order valence-corrected chi connectivity index (χ1v) is 32.2. The standard InChI is InChI=1S/2C16H11N3O2.4C6H7N.2C2H3N.3F6P.2Ru/c2*20-16(21)15-9-4-8-14(19-15)13-7-3-6-12(18-13)11-5-1-2-10-17-11;4*1-6-2-4-7-5-3-6;2*1-2-3;3*1-7(2,3,4,5)6;;/h2*1-10H,(H,20,21);4*2-5H,1H3;2*1H3;;;;;/q;;;;;;;;3*-1;+2;+3/p-2. The second-order valence-corrected chi connectivity index (χ2v) is 23.8. The summed E-state index contributed by atoms with van der Waals surface area (Å²) in [6, 6.07) is 50.7. The van der Waals surface area contributed by atoms with E-state index in [1.54, 1.807) is 111 Å². The van der Waals surface area contributed by atoms with Gasteiger partial charge in [0.05, 0.1) is 81.0 Å². The van der Waals surface area contributed by atoms with Crippen molar-refractivity contribution in [3.63, 3.8) is 0 Å². The van der Waals surface area contributed by atoms with E-state index in [0.717, 1.165) is 11.4 Å². The minimum atomic E-state index is -10.7. The van der Waals surface area contributed by atoms with Gasteiger partial charge in [0.15, 0.2) is 0 Å². The number of aryl methyl sites for hydroxylation is 4. The summed E-state index contributed by atoms with van der Waals surface area (Å²) in [5, 5.41) is 36.4. The Labute approximate surface area is 579 Å². The third-order valence-corrected chi connectivity index (χ3v) is 9.18. The van der Waals surface area contributed by atoms with Gasteiger partial charge in [0.1, 0.15) is 0 Å².